The van der Waals surface area contributed by atoms with E-state index in [1.807, 2.05) is 16.8 Å². The number of nitrogens with one attached hydrogen (secondary N) is 1. The van der Waals surface area contributed by atoms with Crippen LogP contribution in [0.15, 0.2) is 12.3 Å². The molecule has 4 nitrogen and oxygen atoms in total. The minimum Gasteiger partial charge on any atom is -0.327 e. The summed E-state index contributed by atoms with van der Waals surface area (Å²) in [6.07, 6.45) is 4.93. The van der Waals surface area contributed by atoms with Crippen molar-refractivity contribution in [1.29, 1.82) is 0 Å². The second-order valence-electron chi connectivity index (χ2n) is 3.66. The Kier molecular flexibility index (Phi) is 1.29. The van der Waals surface area contributed by atoms with E-state index >= 15 is 0 Å². The molecule has 0 aliphatic heterocycles. The van der Waals surface area contributed by atoms with Gasteiger partial charge in [-0.1, -0.05) is 0 Å². The van der Waals surface area contributed by atoms with E-state index in [0.29, 0.717) is 6.04 Å². The van der Waals surface area contributed by atoms with E-state index in [0.717, 1.165) is 24.9 Å². The van der Waals surface area contributed by atoms with Gasteiger partial charge in [-0.05, 0) is 12.8 Å². The van der Waals surface area contributed by atoms with Crippen molar-refractivity contribution in [2.75, 3.05) is 0 Å². The Morgan fingerprint density at radius 1 is 1.62 bits per heavy atom. The lowest BCUT2D eigenvalue weighted by molar-refractivity contribution is 0.555. The van der Waals surface area contributed by atoms with Gasteiger partial charge in [0.25, 0.3) is 0 Å². The standard InChI is InChI=1S/C9H12N4/c10-6-1-2-7-8(5-6)13-9(12-7)3-4-11-13/h3-4,6,11H,1-2,5,10H2. The Morgan fingerprint density at radius 2 is 2.54 bits per heavy atom. The number of rotatable bonds is 0. The number of fused-ring (bicyclic) bond motifs is 3. The zero-order valence-electron chi connectivity index (χ0n) is 7.33. The van der Waals surface area contributed by atoms with Gasteiger partial charge >= 0.3 is 0 Å². The summed E-state index contributed by atoms with van der Waals surface area (Å²) in [6.45, 7) is 0. The Morgan fingerprint density at radius 3 is 3.46 bits per heavy atom. The fraction of sp³-hybridized carbons (Fsp3) is 0.444. The maximum Gasteiger partial charge on any atom is 0.153 e. The summed E-state index contributed by atoms with van der Waals surface area (Å²) in [7, 11) is 0. The minimum atomic E-state index is 0.302. The maximum absolute atomic E-state index is 5.91. The number of imidazole rings is 1. The van der Waals surface area contributed by atoms with Gasteiger partial charge in [-0.25, -0.2) is 9.50 Å². The molecule has 1 atom stereocenters. The number of aromatic amines is 1. The first-order valence-corrected chi connectivity index (χ1v) is 4.64. The van der Waals surface area contributed by atoms with Crippen LogP contribution in [0.3, 0.4) is 0 Å². The molecule has 2 aromatic rings. The van der Waals surface area contributed by atoms with Crippen molar-refractivity contribution in [3.8, 4) is 0 Å². The maximum atomic E-state index is 5.91. The third-order valence-corrected chi connectivity index (χ3v) is 2.73. The normalized spacial score (nSPS) is 22.1. The molecule has 0 spiro atoms. The molecule has 4 heteroatoms. The zero-order chi connectivity index (χ0) is 8.84. The van der Waals surface area contributed by atoms with Gasteiger partial charge in [0, 0.05) is 24.7 Å². The monoisotopic (exact) mass is 176 g/mol. The number of hydrogen-bond acceptors (Lipinski definition) is 2. The van der Waals surface area contributed by atoms with Crippen molar-refractivity contribution in [3.63, 3.8) is 0 Å². The number of nitrogens with two attached hydrogens (primary N) is 1. The SMILES string of the molecule is NC1CCc2nc3cc[nH]n3c2C1. The van der Waals surface area contributed by atoms with E-state index in [1.165, 1.54) is 11.4 Å². The molecule has 0 amide bonds. The van der Waals surface area contributed by atoms with E-state index in [4.69, 9.17) is 5.73 Å². The Bertz CT molecular complexity index is 439. The van der Waals surface area contributed by atoms with Crippen molar-refractivity contribution >= 4 is 5.65 Å². The van der Waals surface area contributed by atoms with Crippen LogP contribution >= 0.6 is 0 Å². The lowest BCUT2D eigenvalue weighted by Gasteiger charge is -2.16. The molecular formula is C9H12N4. The van der Waals surface area contributed by atoms with Crippen LogP contribution in [-0.2, 0) is 12.8 Å². The second kappa shape index (κ2) is 2.35. The summed E-state index contributed by atoms with van der Waals surface area (Å²) in [4.78, 5) is 4.52. The molecular weight excluding hydrogens is 164 g/mol. The lowest BCUT2D eigenvalue weighted by atomic mass is 9.97. The van der Waals surface area contributed by atoms with Gasteiger partial charge in [0.15, 0.2) is 5.65 Å². The highest BCUT2D eigenvalue weighted by molar-refractivity contribution is 5.42. The Balaban J connectivity index is 2.24. The molecule has 13 heavy (non-hydrogen) atoms. The fourth-order valence-corrected chi connectivity index (χ4v) is 2.04. The molecule has 0 fully saturated rings. The highest BCUT2D eigenvalue weighted by Gasteiger charge is 2.20. The van der Waals surface area contributed by atoms with Crippen molar-refractivity contribution in [2.24, 2.45) is 5.73 Å². The van der Waals surface area contributed by atoms with Crippen LogP contribution in [0.1, 0.15) is 17.8 Å². The van der Waals surface area contributed by atoms with Gasteiger partial charge in [-0.15, -0.1) is 0 Å². The molecule has 0 radical (unpaired) electrons. The largest absolute Gasteiger partial charge is 0.327 e. The van der Waals surface area contributed by atoms with Crippen LogP contribution in [0.2, 0.25) is 0 Å². The third kappa shape index (κ3) is 0.920. The molecule has 1 unspecified atom stereocenters. The van der Waals surface area contributed by atoms with E-state index in [-0.39, 0.29) is 0 Å². The average molecular weight is 176 g/mol. The minimum absolute atomic E-state index is 0.302. The molecule has 2 heterocycles. The van der Waals surface area contributed by atoms with Crippen LogP contribution in [0.25, 0.3) is 5.65 Å². The van der Waals surface area contributed by atoms with Crippen molar-refractivity contribution in [1.82, 2.24) is 14.6 Å². The third-order valence-electron chi connectivity index (χ3n) is 2.73. The molecule has 1 aliphatic rings. The first-order chi connectivity index (χ1) is 6.34. The molecule has 68 valence electrons. The van der Waals surface area contributed by atoms with Gasteiger partial charge in [-0.2, -0.15) is 0 Å². The van der Waals surface area contributed by atoms with Crippen molar-refractivity contribution < 1.29 is 0 Å². The Labute approximate surface area is 75.7 Å². The zero-order valence-corrected chi connectivity index (χ0v) is 7.33. The first kappa shape index (κ1) is 7.15. The molecule has 0 bridgehead atoms. The van der Waals surface area contributed by atoms with E-state index in [9.17, 15) is 0 Å². The molecule has 1 aliphatic carbocycles. The topological polar surface area (TPSA) is 59.1 Å². The molecule has 0 aromatic carbocycles. The molecule has 2 aromatic heterocycles. The van der Waals surface area contributed by atoms with Gasteiger partial charge in [-0.3, -0.25) is 5.10 Å². The smallest absolute Gasteiger partial charge is 0.153 e. The van der Waals surface area contributed by atoms with Crippen LogP contribution in [0.4, 0.5) is 0 Å². The second-order valence-corrected chi connectivity index (χ2v) is 3.66. The molecule has 0 saturated heterocycles. The highest BCUT2D eigenvalue weighted by Crippen LogP contribution is 2.20. The van der Waals surface area contributed by atoms with Crippen LogP contribution < -0.4 is 5.73 Å². The van der Waals surface area contributed by atoms with Crippen LogP contribution in [0.5, 0.6) is 0 Å². The number of hydrogen-bond donors (Lipinski definition) is 2. The first-order valence-electron chi connectivity index (χ1n) is 4.64. The number of H-pyrrole nitrogens is 1. The Hall–Kier alpha value is -1.29. The van der Waals surface area contributed by atoms with Gasteiger partial charge in [0.05, 0.1) is 11.4 Å². The lowest BCUT2D eigenvalue weighted by Crippen LogP contribution is -2.28. The quantitative estimate of drug-likeness (QED) is 0.613. The predicted molar refractivity (Wildman–Crippen MR) is 49.5 cm³/mol. The summed E-state index contributed by atoms with van der Waals surface area (Å²) in [5, 5.41) is 3.15. The predicted octanol–water partition coefficient (Wildman–Crippen LogP) is 0.478. The number of aryl methyl sites for hydroxylation is 1. The van der Waals surface area contributed by atoms with Crippen LogP contribution in [-0.4, -0.2) is 20.6 Å². The van der Waals surface area contributed by atoms with Gasteiger partial charge in [0.2, 0.25) is 0 Å². The molecule has 3 rings (SSSR count). The van der Waals surface area contributed by atoms with E-state index in [1.54, 1.807) is 0 Å². The number of nitrogens with zero attached hydrogens (tertiary/aromatic N) is 2. The molecule has 3 N–H and O–H groups in total. The van der Waals surface area contributed by atoms with Crippen molar-refractivity contribution in [2.45, 2.75) is 25.3 Å². The van der Waals surface area contributed by atoms with Crippen molar-refractivity contribution in [3.05, 3.63) is 23.7 Å². The van der Waals surface area contributed by atoms with Crippen LogP contribution in [0, 0.1) is 0 Å². The van der Waals surface area contributed by atoms with Gasteiger partial charge in [0.1, 0.15) is 0 Å². The number of aromatic nitrogens is 3. The van der Waals surface area contributed by atoms with E-state index < -0.39 is 0 Å². The average Bonchev–Trinajstić information content (AvgIpc) is 2.64. The summed E-state index contributed by atoms with van der Waals surface area (Å²) in [5.74, 6) is 0. The summed E-state index contributed by atoms with van der Waals surface area (Å²) in [6, 6.07) is 2.29. The summed E-state index contributed by atoms with van der Waals surface area (Å²) >= 11 is 0. The fourth-order valence-electron chi connectivity index (χ4n) is 2.04. The molecule has 0 saturated carbocycles. The van der Waals surface area contributed by atoms with Gasteiger partial charge < -0.3 is 5.73 Å². The summed E-state index contributed by atoms with van der Waals surface area (Å²) < 4.78 is 2.04. The van der Waals surface area contributed by atoms with E-state index in [2.05, 4.69) is 10.1 Å². The summed E-state index contributed by atoms with van der Waals surface area (Å²) in [5.41, 5.74) is 9.41. The highest BCUT2D eigenvalue weighted by atomic mass is 15.3.